The van der Waals surface area contributed by atoms with Gasteiger partial charge in [-0.1, -0.05) is 24.4 Å². The molecule has 2 aliphatic rings. The zero-order chi connectivity index (χ0) is 14.7. The van der Waals surface area contributed by atoms with E-state index in [1.165, 1.54) is 12.8 Å². The number of carbonyl (C=O) groups is 1. The van der Waals surface area contributed by atoms with Gasteiger partial charge in [0.15, 0.2) is 0 Å². The number of pyridine rings is 1. The van der Waals surface area contributed by atoms with Crippen LogP contribution in [0.3, 0.4) is 0 Å². The summed E-state index contributed by atoms with van der Waals surface area (Å²) in [5.74, 6) is 0.0570. The minimum atomic E-state index is 0.0570. The van der Waals surface area contributed by atoms with E-state index in [9.17, 15) is 4.79 Å². The Bertz CT molecular complexity index is 480. The van der Waals surface area contributed by atoms with Gasteiger partial charge in [0.05, 0.1) is 11.7 Å². The molecule has 2 fully saturated rings. The zero-order valence-corrected chi connectivity index (χ0v) is 12.9. The lowest BCUT2D eigenvalue weighted by atomic mass is 10.1. The summed E-state index contributed by atoms with van der Waals surface area (Å²) in [4.78, 5) is 18.9. The van der Waals surface area contributed by atoms with E-state index in [0.29, 0.717) is 23.3 Å². The topological polar surface area (TPSA) is 42.4 Å². The van der Waals surface area contributed by atoms with E-state index >= 15 is 0 Å². The van der Waals surface area contributed by atoms with E-state index in [1.54, 1.807) is 18.3 Å². The molecule has 1 saturated carbocycles. The first kappa shape index (κ1) is 14.8. The van der Waals surface area contributed by atoms with Crippen molar-refractivity contribution >= 4 is 17.5 Å². The summed E-state index contributed by atoms with van der Waals surface area (Å²) in [7, 11) is 0. The molecule has 0 N–H and O–H groups in total. The third-order valence-electron chi connectivity index (χ3n) is 4.42. The summed E-state index contributed by atoms with van der Waals surface area (Å²) in [5, 5.41) is 0.415. The van der Waals surface area contributed by atoms with Crippen molar-refractivity contribution in [1.82, 2.24) is 9.88 Å². The van der Waals surface area contributed by atoms with Crippen molar-refractivity contribution < 1.29 is 9.53 Å². The van der Waals surface area contributed by atoms with E-state index in [-0.39, 0.29) is 12.0 Å². The molecule has 2 heterocycles. The van der Waals surface area contributed by atoms with Gasteiger partial charge in [-0.05, 0) is 37.8 Å². The molecule has 1 amide bonds. The number of ether oxygens (including phenoxy) is 1. The van der Waals surface area contributed by atoms with Crippen LogP contribution in [0, 0.1) is 0 Å². The molecule has 1 aromatic heterocycles. The molecule has 1 aliphatic heterocycles. The van der Waals surface area contributed by atoms with Gasteiger partial charge in [0.2, 0.25) is 0 Å². The predicted octanol–water partition coefficient (Wildman–Crippen LogP) is 3.30. The summed E-state index contributed by atoms with van der Waals surface area (Å²) in [6.45, 7) is 1.52. The van der Waals surface area contributed by atoms with Crippen molar-refractivity contribution in [2.24, 2.45) is 0 Å². The molecular weight excluding hydrogens is 288 g/mol. The highest BCUT2D eigenvalue weighted by molar-refractivity contribution is 6.29. The molecular formula is C16H21ClN2O2. The quantitative estimate of drug-likeness (QED) is 0.802. The molecule has 0 aromatic carbocycles. The molecule has 5 heteroatoms. The Morgan fingerprint density at radius 2 is 2.10 bits per heavy atom. The number of halogens is 1. The van der Waals surface area contributed by atoms with E-state index in [1.807, 2.05) is 4.90 Å². The third-order valence-corrected chi connectivity index (χ3v) is 4.65. The largest absolute Gasteiger partial charge is 0.376 e. The van der Waals surface area contributed by atoms with Crippen molar-refractivity contribution in [3.05, 3.63) is 29.0 Å². The van der Waals surface area contributed by atoms with E-state index < -0.39 is 0 Å². The summed E-state index contributed by atoms with van der Waals surface area (Å²) in [6.07, 6.45) is 8.52. The number of nitrogens with zero attached hydrogens (tertiary/aromatic N) is 2. The fourth-order valence-corrected chi connectivity index (χ4v) is 3.40. The Kier molecular flexibility index (Phi) is 4.76. The molecule has 1 aromatic rings. The molecule has 21 heavy (non-hydrogen) atoms. The van der Waals surface area contributed by atoms with Crippen LogP contribution in [0.25, 0.3) is 0 Å². The molecule has 1 saturated heterocycles. The number of hydrogen-bond acceptors (Lipinski definition) is 3. The predicted molar refractivity (Wildman–Crippen MR) is 81.5 cm³/mol. The van der Waals surface area contributed by atoms with Crippen molar-refractivity contribution in [1.29, 1.82) is 0 Å². The van der Waals surface area contributed by atoms with Crippen LogP contribution in [0.2, 0.25) is 5.15 Å². The molecule has 0 spiro atoms. The van der Waals surface area contributed by atoms with Crippen molar-refractivity contribution in [2.45, 2.75) is 50.7 Å². The molecule has 1 aliphatic carbocycles. The molecule has 114 valence electrons. The van der Waals surface area contributed by atoms with Gasteiger partial charge in [0, 0.05) is 25.4 Å². The van der Waals surface area contributed by atoms with Crippen LogP contribution in [0.1, 0.15) is 48.9 Å². The highest BCUT2D eigenvalue weighted by Gasteiger charge is 2.30. The van der Waals surface area contributed by atoms with Gasteiger partial charge < -0.3 is 9.64 Å². The van der Waals surface area contributed by atoms with Gasteiger partial charge in [-0.15, -0.1) is 0 Å². The Labute approximate surface area is 130 Å². The third kappa shape index (κ3) is 3.55. The number of carbonyl (C=O) groups excluding carboxylic acids is 1. The Morgan fingerprint density at radius 3 is 2.71 bits per heavy atom. The van der Waals surface area contributed by atoms with E-state index in [0.717, 1.165) is 32.3 Å². The monoisotopic (exact) mass is 308 g/mol. The van der Waals surface area contributed by atoms with Crippen molar-refractivity contribution in [3.63, 3.8) is 0 Å². The minimum absolute atomic E-state index is 0.0570. The summed E-state index contributed by atoms with van der Waals surface area (Å²) >= 11 is 5.80. The Hall–Kier alpha value is -1.13. The van der Waals surface area contributed by atoms with Crippen molar-refractivity contribution in [3.8, 4) is 0 Å². The van der Waals surface area contributed by atoms with Crippen LogP contribution in [0.5, 0.6) is 0 Å². The van der Waals surface area contributed by atoms with Gasteiger partial charge in [-0.3, -0.25) is 4.79 Å². The highest BCUT2D eigenvalue weighted by Crippen LogP contribution is 2.27. The zero-order valence-electron chi connectivity index (χ0n) is 12.1. The first-order chi connectivity index (χ1) is 10.2. The SMILES string of the molecule is O=C(c1ccc(Cl)nc1)N(C[C@H]1CCCO1)C1CCCC1. The average Bonchev–Trinajstić information content (AvgIpc) is 3.18. The highest BCUT2D eigenvalue weighted by atomic mass is 35.5. The Morgan fingerprint density at radius 1 is 1.29 bits per heavy atom. The lowest BCUT2D eigenvalue weighted by molar-refractivity contribution is 0.0420. The molecule has 0 radical (unpaired) electrons. The maximum atomic E-state index is 12.8. The number of hydrogen-bond donors (Lipinski definition) is 0. The summed E-state index contributed by atoms with van der Waals surface area (Å²) in [6, 6.07) is 3.78. The second-order valence-electron chi connectivity index (χ2n) is 5.90. The second kappa shape index (κ2) is 6.75. The smallest absolute Gasteiger partial charge is 0.255 e. The fourth-order valence-electron chi connectivity index (χ4n) is 3.29. The van der Waals surface area contributed by atoms with Gasteiger partial charge in [0.25, 0.3) is 5.91 Å². The van der Waals surface area contributed by atoms with Crippen molar-refractivity contribution in [2.75, 3.05) is 13.2 Å². The van der Waals surface area contributed by atoms with Crippen LogP contribution in [-0.4, -0.2) is 41.1 Å². The maximum absolute atomic E-state index is 12.8. The van der Waals surface area contributed by atoms with Crippen LogP contribution in [-0.2, 0) is 4.74 Å². The number of aromatic nitrogens is 1. The fraction of sp³-hybridized carbons (Fsp3) is 0.625. The molecule has 0 bridgehead atoms. The molecule has 0 unspecified atom stereocenters. The molecule has 1 atom stereocenters. The number of rotatable bonds is 4. The summed E-state index contributed by atoms with van der Waals surface area (Å²) < 4.78 is 5.72. The first-order valence-corrected chi connectivity index (χ1v) is 8.16. The van der Waals surface area contributed by atoms with E-state index in [4.69, 9.17) is 16.3 Å². The number of amides is 1. The van der Waals surface area contributed by atoms with Crippen LogP contribution in [0.15, 0.2) is 18.3 Å². The maximum Gasteiger partial charge on any atom is 0.255 e. The van der Waals surface area contributed by atoms with Gasteiger partial charge in [-0.25, -0.2) is 4.98 Å². The van der Waals surface area contributed by atoms with Gasteiger partial charge in [-0.2, -0.15) is 0 Å². The first-order valence-electron chi connectivity index (χ1n) is 7.78. The van der Waals surface area contributed by atoms with Crippen LogP contribution < -0.4 is 0 Å². The lowest BCUT2D eigenvalue weighted by Gasteiger charge is -2.31. The second-order valence-corrected chi connectivity index (χ2v) is 6.29. The molecule has 3 rings (SSSR count). The minimum Gasteiger partial charge on any atom is -0.376 e. The summed E-state index contributed by atoms with van der Waals surface area (Å²) in [5.41, 5.74) is 0.615. The Balaban J connectivity index is 1.76. The van der Waals surface area contributed by atoms with Crippen LogP contribution in [0.4, 0.5) is 0 Å². The van der Waals surface area contributed by atoms with Crippen LogP contribution >= 0.6 is 11.6 Å². The average molecular weight is 309 g/mol. The molecule has 4 nitrogen and oxygen atoms in total. The van der Waals surface area contributed by atoms with Gasteiger partial charge >= 0.3 is 0 Å². The normalized spacial score (nSPS) is 22.6. The standard InChI is InChI=1S/C16H21ClN2O2/c17-15-8-7-12(10-18-15)16(20)19(13-4-1-2-5-13)11-14-6-3-9-21-14/h7-8,10,13-14H,1-6,9,11H2/t14-/m1/s1. The lowest BCUT2D eigenvalue weighted by Crippen LogP contribution is -2.43. The van der Waals surface area contributed by atoms with Gasteiger partial charge in [0.1, 0.15) is 5.15 Å². The van der Waals surface area contributed by atoms with E-state index in [2.05, 4.69) is 4.98 Å².